The average Bonchev–Trinajstić information content (AvgIpc) is 2.68. The van der Waals surface area contributed by atoms with Gasteiger partial charge >= 0.3 is 6.03 Å². The van der Waals surface area contributed by atoms with Crippen molar-refractivity contribution in [3.8, 4) is 0 Å². The summed E-state index contributed by atoms with van der Waals surface area (Å²) in [7, 11) is 0. The second kappa shape index (κ2) is 9.96. The first-order valence-electron chi connectivity index (χ1n) is 10.4. The summed E-state index contributed by atoms with van der Waals surface area (Å²) in [6, 6.07) is 16.4. The Kier molecular flexibility index (Phi) is 7.34. The molecule has 2 aromatic carbocycles. The third kappa shape index (κ3) is 5.32. The Bertz CT molecular complexity index is 863. The van der Waals surface area contributed by atoms with Crippen molar-refractivity contribution in [2.75, 3.05) is 16.0 Å². The highest BCUT2D eigenvalue weighted by atomic mass is 35.5. The van der Waals surface area contributed by atoms with Gasteiger partial charge in [-0.2, -0.15) is 0 Å². The van der Waals surface area contributed by atoms with Crippen LogP contribution in [-0.4, -0.2) is 18.0 Å². The second-order valence-electron chi connectivity index (χ2n) is 8.21. The van der Waals surface area contributed by atoms with Gasteiger partial charge in [-0.3, -0.25) is 4.79 Å². The van der Waals surface area contributed by atoms with Crippen molar-refractivity contribution >= 4 is 41.4 Å². The number of nitrogens with one attached hydrogen (secondary N) is 3. The molecular formula is C23H29ClN4O2. The van der Waals surface area contributed by atoms with E-state index in [9.17, 15) is 9.59 Å². The lowest BCUT2D eigenvalue weighted by Gasteiger charge is -2.43. The van der Waals surface area contributed by atoms with E-state index in [0.717, 1.165) is 31.4 Å². The molecule has 30 heavy (non-hydrogen) atoms. The molecular weight excluding hydrogens is 400 g/mol. The van der Waals surface area contributed by atoms with E-state index in [0.29, 0.717) is 23.2 Å². The SMILES string of the molecule is Cl.NC1C2CCCC1CC(C(=O)Nc1cccc(NC(=O)Nc3ccccc3)c1)C2. The van der Waals surface area contributed by atoms with Crippen LogP contribution in [0.5, 0.6) is 0 Å². The van der Waals surface area contributed by atoms with Gasteiger partial charge in [0.1, 0.15) is 0 Å². The maximum atomic E-state index is 12.8. The monoisotopic (exact) mass is 428 g/mol. The summed E-state index contributed by atoms with van der Waals surface area (Å²) in [6.07, 6.45) is 5.26. The largest absolute Gasteiger partial charge is 0.327 e. The number of halogens is 1. The van der Waals surface area contributed by atoms with E-state index in [-0.39, 0.29) is 36.3 Å². The summed E-state index contributed by atoms with van der Waals surface area (Å²) in [5.74, 6) is 1.00. The van der Waals surface area contributed by atoms with Gasteiger partial charge in [-0.05, 0) is 67.9 Å². The van der Waals surface area contributed by atoms with Crippen LogP contribution in [0.4, 0.5) is 21.9 Å². The van der Waals surface area contributed by atoms with Crippen LogP contribution in [0.25, 0.3) is 0 Å². The number of carbonyl (C=O) groups is 2. The highest BCUT2D eigenvalue weighted by Gasteiger charge is 2.40. The molecule has 2 atom stereocenters. The van der Waals surface area contributed by atoms with Crippen LogP contribution < -0.4 is 21.7 Å². The summed E-state index contributed by atoms with van der Waals surface area (Å²) in [6.45, 7) is 0. The van der Waals surface area contributed by atoms with Crippen molar-refractivity contribution in [3.63, 3.8) is 0 Å². The predicted molar refractivity (Wildman–Crippen MR) is 123 cm³/mol. The van der Waals surface area contributed by atoms with Crippen molar-refractivity contribution in [1.29, 1.82) is 0 Å². The van der Waals surface area contributed by atoms with Gasteiger partial charge in [-0.15, -0.1) is 12.4 Å². The highest BCUT2D eigenvalue weighted by Crippen LogP contribution is 2.42. The molecule has 3 amide bonds. The average molecular weight is 429 g/mol. The molecule has 160 valence electrons. The fraction of sp³-hybridized carbons (Fsp3) is 0.391. The number of amides is 3. The van der Waals surface area contributed by atoms with Gasteiger partial charge in [0.15, 0.2) is 0 Å². The maximum Gasteiger partial charge on any atom is 0.323 e. The summed E-state index contributed by atoms with van der Waals surface area (Å²) < 4.78 is 0. The molecule has 0 spiro atoms. The standard InChI is InChI=1S/C23H28N4O2.ClH/c24-21-15-6-4-7-16(21)13-17(12-15)22(28)25-19-10-5-11-20(14-19)27-23(29)26-18-8-2-1-3-9-18;/h1-3,5,8-11,14-17,21H,4,6-7,12-13,24H2,(H,25,28)(H2,26,27,29);1H. The van der Waals surface area contributed by atoms with E-state index in [1.165, 1.54) is 6.42 Å². The number of fused-ring (bicyclic) bond motifs is 2. The summed E-state index contributed by atoms with van der Waals surface area (Å²) in [4.78, 5) is 25.0. The molecule has 0 aliphatic heterocycles. The molecule has 2 aliphatic carbocycles. The van der Waals surface area contributed by atoms with Crippen molar-refractivity contribution in [2.45, 2.75) is 38.1 Å². The Hall–Kier alpha value is -2.57. The normalized spacial score (nSPS) is 24.8. The van der Waals surface area contributed by atoms with E-state index in [2.05, 4.69) is 16.0 Å². The summed E-state index contributed by atoms with van der Waals surface area (Å²) in [5, 5.41) is 8.61. The van der Waals surface area contributed by atoms with Crippen LogP contribution in [0.3, 0.4) is 0 Å². The van der Waals surface area contributed by atoms with Gasteiger partial charge in [-0.1, -0.05) is 30.7 Å². The number of urea groups is 1. The predicted octanol–water partition coefficient (Wildman–Crippen LogP) is 4.84. The summed E-state index contributed by atoms with van der Waals surface area (Å²) in [5.41, 5.74) is 8.37. The molecule has 4 rings (SSSR count). The zero-order valence-electron chi connectivity index (χ0n) is 16.8. The first-order chi connectivity index (χ1) is 14.1. The lowest BCUT2D eigenvalue weighted by molar-refractivity contribution is -0.122. The number of hydrogen-bond donors (Lipinski definition) is 4. The molecule has 2 aromatic rings. The number of anilines is 3. The van der Waals surface area contributed by atoms with E-state index < -0.39 is 0 Å². The molecule has 0 heterocycles. The number of nitrogens with two attached hydrogens (primary N) is 1. The number of carbonyl (C=O) groups excluding carboxylic acids is 2. The minimum Gasteiger partial charge on any atom is -0.327 e. The fourth-order valence-corrected chi connectivity index (χ4v) is 4.74. The zero-order chi connectivity index (χ0) is 20.2. The molecule has 7 heteroatoms. The second-order valence-corrected chi connectivity index (χ2v) is 8.21. The topological polar surface area (TPSA) is 96.2 Å². The van der Waals surface area contributed by atoms with E-state index in [1.807, 2.05) is 42.5 Å². The van der Waals surface area contributed by atoms with E-state index in [4.69, 9.17) is 5.73 Å². The van der Waals surface area contributed by atoms with Crippen molar-refractivity contribution in [1.82, 2.24) is 0 Å². The molecule has 0 aromatic heterocycles. The molecule has 2 saturated carbocycles. The first-order valence-corrected chi connectivity index (χ1v) is 10.4. The number of rotatable bonds is 4. The van der Waals surface area contributed by atoms with Crippen LogP contribution in [0.2, 0.25) is 0 Å². The summed E-state index contributed by atoms with van der Waals surface area (Å²) >= 11 is 0. The van der Waals surface area contributed by atoms with Crippen LogP contribution in [0.15, 0.2) is 54.6 Å². The maximum absolute atomic E-state index is 12.8. The van der Waals surface area contributed by atoms with Crippen LogP contribution in [0, 0.1) is 17.8 Å². The molecule has 2 bridgehead atoms. The van der Waals surface area contributed by atoms with Gasteiger partial charge in [0.25, 0.3) is 0 Å². The minimum absolute atomic E-state index is 0. The molecule has 0 saturated heterocycles. The molecule has 2 fully saturated rings. The lowest BCUT2D eigenvalue weighted by atomic mass is 9.65. The lowest BCUT2D eigenvalue weighted by Crippen LogP contribution is -2.48. The van der Waals surface area contributed by atoms with Crippen LogP contribution in [-0.2, 0) is 4.79 Å². The highest BCUT2D eigenvalue weighted by molar-refractivity contribution is 6.00. The number of para-hydroxylation sites is 1. The quantitative estimate of drug-likeness (QED) is 0.560. The molecule has 2 aliphatic rings. The Labute approximate surface area is 183 Å². The van der Waals surface area contributed by atoms with Crippen LogP contribution in [0.1, 0.15) is 32.1 Å². The Morgan fingerprint density at radius 2 is 1.37 bits per heavy atom. The minimum atomic E-state index is -0.325. The van der Waals surface area contributed by atoms with Gasteiger partial charge in [0, 0.05) is 29.0 Å². The van der Waals surface area contributed by atoms with Crippen LogP contribution >= 0.6 is 12.4 Å². The fourth-order valence-electron chi connectivity index (χ4n) is 4.74. The Balaban J connectivity index is 0.00000256. The Morgan fingerprint density at radius 3 is 2.03 bits per heavy atom. The van der Waals surface area contributed by atoms with Gasteiger partial charge in [0.05, 0.1) is 0 Å². The van der Waals surface area contributed by atoms with Crippen molar-refractivity contribution in [3.05, 3.63) is 54.6 Å². The zero-order valence-corrected chi connectivity index (χ0v) is 17.7. The third-order valence-corrected chi connectivity index (χ3v) is 6.20. The first kappa shape index (κ1) is 22.1. The van der Waals surface area contributed by atoms with Gasteiger partial charge < -0.3 is 21.7 Å². The molecule has 2 unspecified atom stereocenters. The Morgan fingerprint density at radius 1 is 0.800 bits per heavy atom. The smallest absolute Gasteiger partial charge is 0.323 e. The van der Waals surface area contributed by atoms with Gasteiger partial charge in [-0.25, -0.2) is 4.79 Å². The number of benzene rings is 2. The third-order valence-electron chi connectivity index (χ3n) is 6.20. The number of hydrogen-bond acceptors (Lipinski definition) is 3. The van der Waals surface area contributed by atoms with Crippen molar-refractivity contribution < 1.29 is 9.59 Å². The van der Waals surface area contributed by atoms with Gasteiger partial charge in [0.2, 0.25) is 5.91 Å². The van der Waals surface area contributed by atoms with E-state index >= 15 is 0 Å². The van der Waals surface area contributed by atoms with E-state index in [1.54, 1.807) is 12.1 Å². The van der Waals surface area contributed by atoms with Crippen molar-refractivity contribution in [2.24, 2.45) is 23.5 Å². The molecule has 6 nitrogen and oxygen atoms in total. The molecule has 5 N–H and O–H groups in total. The molecule has 0 radical (unpaired) electrons.